The van der Waals surface area contributed by atoms with Crippen molar-refractivity contribution in [3.63, 3.8) is 0 Å². The highest BCUT2D eigenvalue weighted by atomic mass is 32.2. The fourth-order valence-electron chi connectivity index (χ4n) is 6.44. The Morgan fingerprint density at radius 3 is 2.50 bits per heavy atom. The third-order valence-electron chi connectivity index (χ3n) is 8.89. The Hall–Kier alpha value is -2.03. The molecule has 2 aromatic rings. The number of alkyl halides is 4. The molecule has 1 aromatic heterocycles. The lowest BCUT2D eigenvalue weighted by molar-refractivity contribution is -0.139. The number of hydrogen-bond donors (Lipinski definition) is 3. The van der Waals surface area contributed by atoms with Crippen LogP contribution in [0.4, 0.5) is 17.6 Å². The molecule has 0 bridgehead atoms. The molecule has 5 rings (SSSR count). The smallest absolute Gasteiger partial charge is 0.390 e. The maximum atomic E-state index is 14.0. The van der Waals surface area contributed by atoms with Crippen LogP contribution in [0.3, 0.4) is 0 Å². The fraction of sp³-hybridized carbons (Fsp3) is 0.677. The second kappa shape index (κ2) is 14.6. The van der Waals surface area contributed by atoms with Gasteiger partial charge in [-0.2, -0.15) is 18.3 Å². The number of nitrogens with zero attached hydrogens (tertiary/aromatic N) is 4. The van der Waals surface area contributed by atoms with Gasteiger partial charge in [0.2, 0.25) is 0 Å². The van der Waals surface area contributed by atoms with Crippen LogP contribution < -0.4 is 5.32 Å². The van der Waals surface area contributed by atoms with Gasteiger partial charge in [0.05, 0.1) is 29.9 Å². The molecule has 0 aliphatic carbocycles. The zero-order valence-electron chi connectivity index (χ0n) is 25.2. The summed E-state index contributed by atoms with van der Waals surface area (Å²) in [5.41, 5.74) is 1.85. The first-order chi connectivity index (χ1) is 21.0. The van der Waals surface area contributed by atoms with Crippen LogP contribution in [-0.2, 0) is 30.5 Å². The highest BCUT2D eigenvalue weighted by Crippen LogP contribution is 2.40. The molecule has 13 heteroatoms. The largest absolute Gasteiger partial charge is 0.417 e. The minimum absolute atomic E-state index is 0.106. The summed E-state index contributed by atoms with van der Waals surface area (Å²) in [7, 11) is 0. The Balaban J connectivity index is 1.41. The molecule has 2 fully saturated rings. The van der Waals surface area contributed by atoms with Crippen molar-refractivity contribution in [2.75, 3.05) is 45.0 Å². The number of nitrogens with one attached hydrogen (secondary N) is 1. The molecule has 244 valence electrons. The van der Waals surface area contributed by atoms with Gasteiger partial charge in [0.25, 0.3) is 0 Å². The number of benzene rings is 1. The van der Waals surface area contributed by atoms with E-state index in [2.05, 4.69) is 15.1 Å². The van der Waals surface area contributed by atoms with Crippen molar-refractivity contribution in [1.82, 2.24) is 24.9 Å². The second-order valence-corrected chi connectivity index (χ2v) is 13.4. The van der Waals surface area contributed by atoms with Crippen LogP contribution in [0.2, 0.25) is 0 Å². The van der Waals surface area contributed by atoms with Crippen molar-refractivity contribution in [3.8, 4) is 11.3 Å². The molecule has 3 aliphatic heterocycles. The molecule has 2 saturated heterocycles. The van der Waals surface area contributed by atoms with Crippen LogP contribution in [0.5, 0.6) is 0 Å². The van der Waals surface area contributed by atoms with Crippen molar-refractivity contribution in [2.45, 2.75) is 94.0 Å². The molecule has 44 heavy (non-hydrogen) atoms. The van der Waals surface area contributed by atoms with Gasteiger partial charge in [0, 0.05) is 66.6 Å². The highest BCUT2D eigenvalue weighted by molar-refractivity contribution is 7.99. The lowest BCUT2D eigenvalue weighted by Gasteiger charge is -2.29. The van der Waals surface area contributed by atoms with Crippen molar-refractivity contribution in [3.05, 3.63) is 35.0 Å². The average molecular weight is 642 g/mol. The van der Waals surface area contributed by atoms with Gasteiger partial charge in [-0.25, -0.2) is 4.39 Å². The van der Waals surface area contributed by atoms with Crippen molar-refractivity contribution >= 4 is 17.5 Å². The standard InChI is InChI=1S/C31H43F4N5O3S/c1-20(41)30(43)26-16-27-24(17-36-26)29(37-40(27)19-23(42)18-39-9-3-2-4-10-39)21-5-6-25(31(33,34)35)28(15-21)44-14-13-38-11-7-22(32)8-12-38/h5-6,15,20,22-23,26,36,41-42H,2-4,7-14,16-19H2,1H3/t20-,23-,26?/m0/s1. The van der Waals surface area contributed by atoms with Crippen LogP contribution >= 0.6 is 11.8 Å². The van der Waals surface area contributed by atoms with E-state index in [9.17, 15) is 32.6 Å². The van der Waals surface area contributed by atoms with E-state index >= 15 is 0 Å². The van der Waals surface area contributed by atoms with Gasteiger partial charge in [0.15, 0.2) is 5.78 Å². The van der Waals surface area contributed by atoms with E-state index in [0.717, 1.165) is 55.0 Å². The van der Waals surface area contributed by atoms with Crippen LogP contribution in [-0.4, -0.2) is 105 Å². The number of thioether (sulfide) groups is 1. The van der Waals surface area contributed by atoms with Gasteiger partial charge in [-0.3, -0.25) is 9.48 Å². The number of aromatic nitrogens is 2. The molecular formula is C31H43F4N5O3S. The van der Waals surface area contributed by atoms with Gasteiger partial charge in [-0.1, -0.05) is 12.5 Å². The van der Waals surface area contributed by atoms with E-state index in [1.54, 1.807) is 4.68 Å². The van der Waals surface area contributed by atoms with Crippen LogP contribution in [0.15, 0.2) is 23.1 Å². The van der Waals surface area contributed by atoms with E-state index in [4.69, 9.17) is 5.10 Å². The topological polar surface area (TPSA) is 93.9 Å². The van der Waals surface area contributed by atoms with E-state index in [1.807, 2.05) is 0 Å². The summed E-state index contributed by atoms with van der Waals surface area (Å²) >= 11 is 1.14. The lowest BCUT2D eigenvalue weighted by Crippen LogP contribution is -2.46. The number of hydrogen-bond acceptors (Lipinski definition) is 8. The monoisotopic (exact) mass is 641 g/mol. The highest BCUT2D eigenvalue weighted by Gasteiger charge is 2.36. The number of carbonyl (C=O) groups excluding carboxylic acids is 1. The number of fused-ring (bicyclic) bond motifs is 1. The number of likely N-dealkylation sites (tertiary alicyclic amines) is 2. The molecule has 4 heterocycles. The summed E-state index contributed by atoms with van der Waals surface area (Å²) in [5, 5.41) is 28.9. The molecule has 3 N–H and O–H groups in total. The maximum Gasteiger partial charge on any atom is 0.417 e. The zero-order valence-corrected chi connectivity index (χ0v) is 26.0. The van der Waals surface area contributed by atoms with Crippen LogP contribution in [0, 0.1) is 0 Å². The third kappa shape index (κ3) is 8.21. The molecule has 8 nitrogen and oxygen atoms in total. The summed E-state index contributed by atoms with van der Waals surface area (Å²) in [5.74, 6) is 0.0893. The number of aliphatic hydroxyl groups excluding tert-OH is 2. The first kappa shape index (κ1) is 33.3. The van der Waals surface area contributed by atoms with Gasteiger partial charge in [0.1, 0.15) is 12.3 Å². The van der Waals surface area contributed by atoms with E-state index in [-0.39, 0.29) is 30.2 Å². The summed E-state index contributed by atoms with van der Waals surface area (Å²) in [4.78, 5) is 17.1. The number of aliphatic hydroxyl groups is 2. The van der Waals surface area contributed by atoms with Gasteiger partial charge in [-0.15, -0.1) is 11.8 Å². The minimum atomic E-state index is -4.53. The summed E-state index contributed by atoms with van der Waals surface area (Å²) in [6.07, 6.45) is -2.68. The number of halogens is 4. The van der Waals surface area contributed by atoms with Gasteiger partial charge in [-0.05, 0) is 57.8 Å². The Morgan fingerprint density at radius 1 is 1.09 bits per heavy atom. The molecule has 3 atom stereocenters. The molecule has 1 aromatic carbocycles. The summed E-state index contributed by atoms with van der Waals surface area (Å²) < 4.78 is 57.3. The van der Waals surface area contributed by atoms with E-state index in [1.165, 1.54) is 25.5 Å². The Bertz CT molecular complexity index is 1280. The van der Waals surface area contributed by atoms with E-state index in [0.29, 0.717) is 56.0 Å². The first-order valence-electron chi connectivity index (χ1n) is 15.6. The lowest BCUT2D eigenvalue weighted by atomic mass is 9.94. The SMILES string of the molecule is C[C@H](O)C(=O)C1Cc2c(c(-c3ccc(C(F)(F)F)c(SCCN4CCC(F)CC4)c3)nn2C[C@@H](O)CN2CCCCC2)CN1. The number of rotatable bonds is 11. The van der Waals surface area contributed by atoms with E-state index < -0.39 is 36.2 Å². The van der Waals surface area contributed by atoms with Crippen molar-refractivity contribution in [1.29, 1.82) is 0 Å². The number of carbonyl (C=O) groups is 1. The molecule has 0 spiro atoms. The minimum Gasteiger partial charge on any atom is -0.390 e. The molecule has 1 unspecified atom stereocenters. The fourth-order valence-corrected chi connectivity index (χ4v) is 7.56. The Morgan fingerprint density at radius 2 is 1.82 bits per heavy atom. The van der Waals surface area contributed by atoms with Crippen molar-refractivity contribution in [2.24, 2.45) is 0 Å². The van der Waals surface area contributed by atoms with Gasteiger partial charge >= 0.3 is 6.18 Å². The number of ketones is 1. The predicted molar refractivity (Wildman–Crippen MR) is 161 cm³/mol. The average Bonchev–Trinajstić information content (AvgIpc) is 3.34. The molecule has 0 amide bonds. The summed E-state index contributed by atoms with van der Waals surface area (Å²) in [6, 6.07) is 3.43. The zero-order chi connectivity index (χ0) is 31.4. The van der Waals surface area contributed by atoms with Crippen LogP contribution in [0.25, 0.3) is 11.3 Å². The Labute approximate surface area is 260 Å². The number of piperidine rings is 2. The normalized spacial score (nSPS) is 22.1. The predicted octanol–water partition coefficient (Wildman–Crippen LogP) is 3.91. The number of Topliss-reactive ketones (excluding diaryl/α,β-unsaturated/α-hetero) is 1. The maximum absolute atomic E-state index is 14.0. The molecule has 0 radical (unpaired) electrons. The third-order valence-corrected chi connectivity index (χ3v) is 9.92. The van der Waals surface area contributed by atoms with Crippen LogP contribution in [0.1, 0.15) is 55.8 Å². The molecule has 3 aliphatic rings. The Kier molecular flexibility index (Phi) is 11.1. The second-order valence-electron chi connectivity index (χ2n) is 12.3. The summed E-state index contributed by atoms with van der Waals surface area (Å²) in [6.45, 7) is 5.98. The number of β-amino-alcohol motifs (C(OH)–C–C–N with tert-alkyl or cyclic N) is 1. The van der Waals surface area contributed by atoms with Crippen molar-refractivity contribution < 1.29 is 32.6 Å². The molecular weight excluding hydrogens is 598 g/mol. The molecule has 0 saturated carbocycles. The first-order valence-corrected chi connectivity index (χ1v) is 16.6. The van der Waals surface area contributed by atoms with Gasteiger partial charge < -0.3 is 25.3 Å². The quantitative estimate of drug-likeness (QED) is 0.252.